The lowest BCUT2D eigenvalue weighted by Crippen LogP contribution is -2.56. The van der Waals surface area contributed by atoms with Gasteiger partial charge in [0.1, 0.15) is 6.04 Å². The number of nitrogens with zero attached hydrogens (tertiary/aromatic N) is 5. The minimum absolute atomic E-state index is 0.00769. The molecule has 3 aliphatic heterocycles. The molecule has 1 saturated carbocycles. The van der Waals surface area contributed by atoms with Crippen LogP contribution in [0.5, 0.6) is 0 Å². The fourth-order valence-corrected chi connectivity index (χ4v) is 10.9. The number of fused-ring (bicyclic) bond motifs is 2. The normalized spacial score (nSPS) is 21.9. The van der Waals surface area contributed by atoms with Gasteiger partial charge < -0.3 is 60.2 Å². The van der Waals surface area contributed by atoms with Gasteiger partial charge in [0.15, 0.2) is 0 Å². The smallest absolute Gasteiger partial charge is 0.253 e. The highest BCUT2D eigenvalue weighted by atomic mass is 16.5. The predicted octanol–water partition coefficient (Wildman–Crippen LogP) is 0.300. The van der Waals surface area contributed by atoms with Crippen molar-refractivity contribution in [2.45, 2.75) is 115 Å². The number of imide groups is 1. The zero-order valence-corrected chi connectivity index (χ0v) is 45.1. The molecule has 2 saturated heterocycles. The van der Waals surface area contributed by atoms with E-state index < -0.39 is 54.0 Å². The lowest BCUT2D eigenvalue weighted by atomic mass is 9.90. The molecule has 7 amide bonds. The van der Waals surface area contributed by atoms with Crippen LogP contribution in [0.15, 0.2) is 54.4 Å². The first-order valence-electron chi connectivity index (χ1n) is 26.5. The van der Waals surface area contributed by atoms with Crippen molar-refractivity contribution >= 4 is 41.4 Å². The van der Waals surface area contributed by atoms with E-state index in [-0.39, 0.29) is 93.6 Å². The van der Waals surface area contributed by atoms with E-state index >= 15 is 0 Å². The molecule has 1 aromatic rings. The summed E-state index contributed by atoms with van der Waals surface area (Å²) in [6.07, 6.45) is 7.87. The summed E-state index contributed by atoms with van der Waals surface area (Å²) in [5.41, 5.74) is 7.02. The number of carbonyl (C=O) groups excluding carboxylic acids is 7. The highest BCUT2D eigenvalue weighted by Crippen LogP contribution is 2.41. The Bertz CT molecular complexity index is 2100. The Balaban J connectivity index is 1.05. The molecule has 75 heavy (non-hydrogen) atoms. The van der Waals surface area contributed by atoms with Crippen LogP contribution >= 0.6 is 0 Å². The van der Waals surface area contributed by atoms with E-state index in [1.165, 1.54) is 30.5 Å². The molecule has 1 aliphatic carbocycles. The van der Waals surface area contributed by atoms with E-state index in [0.717, 1.165) is 36.1 Å². The Labute approximate surface area is 442 Å². The highest BCUT2D eigenvalue weighted by Gasteiger charge is 2.48. The molecule has 3 fully saturated rings. The van der Waals surface area contributed by atoms with Crippen molar-refractivity contribution in [1.82, 2.24) is 40.6 Å². The monoisotopic (exact) mass is 1050 g/mol. The second kappa shape index (κ2) is 30.3. The summed E-state index contributed by atoms with van der Waals surface area (Å²) in [6.45, 7) is 8.21. The molecule has 3 heterocycles. The highest BCUT2D eigenvalue weighted by molar-refractivity contribution is 6.13. The van der Waals surface area contributed by atoms with Crippen molar-refractivity contribution in [3.8, 4) is 0 Å². The molecular weight excluding hydrogens is 969 g/mol. The van der Waals surface area contributed by atoms with Crippen LogP contribution in [0, 0.1) is 17.8 Å². The van der Waals surface area contributed by atoms with Crippen molar-refractivity contribution < 1.29 is 57.2 Å². The van der Waals surface area contributed by atoms with Crippen molar-refractivity contribution in [3.63, 3.8) is 0 Å². The van der Waals surface area contributed by atoms with Crippen molar-refractivity contribution in [3.05, 3.63) is 59.9 Å². The number of likely N-dealkylation sites (N-methyl/N-ethyl adjacent to an activating group) is 2. The second-order valence-electron chi connectivity index (χ2n) is 20.1. The summed E-state index contributed by atoms with van der Waals surface area (Å²) in [5.74, 6) is 3.25. The van der Waals surface area contributed by atoms with Crippen LogP contribution in [0.4, 0.5) is 0 Å². The number of hydrazine groups is 1. The van der Waals surface area contributed by atoms with Gasteiger partial charge in [-0.15, -0.1) is 0 Å². The average Bonchev–Trinajstić information content (AvgIpc) is 4.21. The summed E-state index contributed by atoms with van der Waals surface area (Å²) < 4.78 is 28.8. The van der Waals surface area contributed by atoms with Gasteiger partial charge in [-0.3, -0.25) is 43.4 Å². The zero-order chi connectivity index (χ0) is 54.6. The maximum absolute atomic E-state index is 14.3. The molecule has 22 nitrogen and oxygen atoms in total. The molecule has 10 atom stereocenters. The van der Waals surface area contributed by atoms with Gasteiger partial charge in [0, 0.05) is 70.9 Å². The first-order valence-corrected chi connectivity index (χ1v) is 26.5. The lowest BCUT2D eigenvalue weighted by Gasteiger charge is -2.39. The molecule has 22 heteroatoms. The second-order valence-corrected chi connectivity index (χ2v) is 20.1. The number of methoxy groups -OCH3 is 2. The lowest BCUT2D eigenvalue weighted by molar-refractivity contribution is -0.146. The first kappa shape index (κ1) is 60.4. The van der Waals surface area contributed by atoms with Crippen LogP contribution in [0.3, 0.4) is 0 Å². The number of hydrogen-bond donors (Lipinski definition) is 5. The fourth-order valence-electron chi connectivity index (χ4n) is 10.9. The molecule has 1 aromatic carbocycles. The van der Waals surface area contributed by atoms with E-state index in [4.69, 9.17) is 35.3 Å². The molecule has 7 N–H and O–H groups in total. The van der Waals surface area contributed by atoms with Gasteiger partial charge in [0.25, 0.3) is 11.8 Å². The summed E-state index contributed by atoms with van der Waals surface area (Å²) in [6, 6.07) is 7.77. The molecule has 2 bridgehead atoms. The van der Waals surface area contributed by atoms with Gasteiger partial charge in [0.2, 0.25) is 29.5 Å². The maximum Gasteiger partial charge on any atom is 0.253 e. The zero-order valence-electron chi connectivity index (χ0n) is 45.1. The molecule has 0 spiro atoms. The number of amides is 7. The van der Waals surface area contributed by atoms with Crippen LogP contribution in [0.25, 0.3) is 0 Å². The predicted molar refractivity (Wildman–Crippen MR) is 278 cm³/mol. The molecule has 418 valence electrons. The van der Waals surface area contributed by atoms with Crippen LogP contribution in [-0.2, 0) is 63.7 Å². The van der Waals surface area contributed by atoms with Gasteiger partial charge in [-0.05, 0) is 56.6 Å². The summed E-state index contributed by atoms with van der Waals surface area (Å²) >= 11 is 0. The molecule has 0 aromatic heterocycles. The summed E-state index contributed by atoms with van der Waals surface area (Å²) in [7, 11) is 6.75. The Hall–Kier alpha value is -5.49. The minimum Gasteiger partial charge on any atom is -0.399 e. The third kappa shape index (κ3) is 17.3. The largest absolute Gasteiger partial charge is 0.399 e. The van der Waals surface area contributed by atoms with Crippen LogP contribution < -0.4 is 27.5 Å². The van der Waals surface area contributed by atoms with Crippen molar-refractivity contribution in [2.24, 2.45) is 29.3 Å². The minimum atomic E-state index is -0.917. The van der Waals surface area contributed by atoms with Gasteiger partial charge in [0.05, 0.1) is 102 Å². The number of nitrogens with one attached hydrogen (secondary N) is 3. The Morgan fingerprint density at radius 2 is 1.55 bits per heavy atom. The number of piperidine rings is 1. The standard InChI is InChI=1S/C53H84N10O12/c1-8-35(2)48(60(5)47(67)32-57-53(70)49-38-16-17-40(30-38)59(49)4)43(71-6)31-46(66)62-21-12-15-42(62)50(72-7)36(3)51(68)58-41(29-37-13-10-9-11-14-37)52(69)56-20-23-73-25-27-75-28-26-74-24-22-61(55)33-39(54)34-63-44(64)18-19-45(63)65/h9-11,13-14,18-19,33,35-36,38,40-43,48-50H,8,12,15-17,20-32,34,54-55H2,1-7H3,(H,56,69)(H,57,70)(H,58,68)/b39-33-/t35?,36?,38?,40?,41-,42?,43?,48?,49?,50?/m0/s1. The number of nitrogens with two attached hydrogens (primary N) is 2. The van der Waals surface area contributed by atoms with Crippen molar-refractivity contribution in [1.29, 1.82) is 0 Å². The first-order chi connectivity index (χ1) is 36.0. The number of rotatable bonds is 33. The third-order valence-corrected chi connectivity index (χ3v) is 15.2. The molecule has 0 radical (unpaired) electrons. The number of ether oxygens (including phenoxy) is 5. The van der Waals surface area contributed by atoms with Crippen LogP contribution in [0.1, 0.15) is 71.3 Å². The SMILES string of the molecule is CCC(C)C(C(CC(=O)N1CCCC1C(OC)C(C)C(=O)N[C@@H](Cc1ccccc1)C(=O)NCCOCCOCCOCCN(N)/C=C(\N)CN1C(=O)C=CC1=O)OC)N(C)C(=O)CNC(=O)C1C2CCC(C2)N1C. The fraction of sp³-hybridized carbons (Fsp3) is 0.679. The van der Waals surface area contributed by atoms with E-state index in [2.05, 4.69) is 20.9 Å². The van der Waals surface area contributed by atoms with Gasteiger partial charge in [-0.1, -0.05) is 57.5 Å². The third-order valence-electron chi connectivity index (χ3n) is 15.2. The Morgan fingerprint density at radius 1 is 0.880 bits per heavy atom. The molecular formula is C53H84N10O12. The number of carbonyl (C=O) groups is 7. The van der Waals surface area contributed by atoms with Gasteiger partial charge in [-0.25, -0.2) is 5.84 Å². The van der Waals surface area contributed by atoms with E-state index in [9.17, 15) is 33.6 Å². The van der Waals surface area contributed by atoms with Crippen LogP contribution in [0.2, 0.25) is 0 Å². The topological polar surface area (TPSA) is 270 Å². The number of hydrogen-bond acceptors (Lipinski definition) is 16. The van der Waals surface area contributed by atoms with E-state index in [1.54, 1.807) is 30.9 Å². The van der Waals surface area contributed by atoms with E-state index in [1.807, 2.05) is 51.2 Å². The van der Waals surface area contributed by atoms with Crippen LogP contribution in [-0.4, -0.2) is 209 Å². The van der Waals surface area contributed by atoms with Crippen molar-refractivity contribution in [2.75, 3.05) is 101 Å². The Morgan fingerprint density at radius 3 is 2.17 bits per heavy atom. The van der Waals surface area contributed by atoms with Gasteiger partial charge in [-0.2, -0.15) is 0 Å². The van der Waals surface area contributed by atoms with E-state index in [0.29, 0.717) is 57.7 Å². The summed E-state index contributed by atoms with van der Waals surface area (Å²) in [5, 5.41) is 10.1. The number of benzene rings is 1. The van der Waals surface area contributed by atoms with Gasteiger partial charge >= 0.3 is 0 Å². The summed E-state index contributed by atoms with van der Waals surface area (Å²) in [4.78, 5) is 99.1. The quantitative estimate of drug-likeness (QED) is 0.0274. The maximum atomic E-state index is 14.3. The average molecular weight is 1050 g/mol. The molecule has 4 aliphatic rings. The molecule has 5 rings (SSSR count). The Kier molecular flexibility index (Phi) is 24.4. The molecule has 9 unspecified atom stereocenters. The number of likely N-dealkylation sites (tertiary alicyclic amines) is 2.